The number of ether oxygens (including phenoxy) is 1. The van der Waals surface area contributed by atoms with Gasteiger partial charge in [0.25, 0.3) is 10.0 Å². The molecule has 1 atom stereocenters. The third kappa shape index (κ3) is 6.11. The number of hydrogen-bond donors (Lipinski definition) is 2. The summed E-state index contributed by atoms with van der Waals surface area (Å²) in [6.07, 6.45) is 2.20. The molecule has 1 aromatic carbocycles. The first-order valence-electron chi connectivity index (χ1n) is 6.77. The van der Waals surface area contributed by atoms with Gasteiger partial charge < -0.3 is 10.1 Å². The van der Waals surface area contributed by atoms with Crippen LogP contribution in [0.15, 0.2) is 29.2 Å². The van der Waals surface area contributed by atoms with Crippen molar-refractivity contribution in [3.05, 3.63) is 29.8 Å². The quantitative estimate of drug-likeness (QED) is 0.710. The molecule has 9 heteroatoms. The Labute approximate surface area is 140 Å². The molecule has 0 aliphatic carbocycles. The first-order valence-corrected chi connectivity index (χ1v) is 9.64. The number of methoxy groups -OCH3 is 1. The lowest BCUT2D eigenvalue weighted by atomic mass is 10.2. The van der Waals surface area contributed by atoms with E-state index in [-0.39, 0.29) is 4.90 Å². The number of amides is 2. The zero-order chi connectivity index (χ0) is 17.5. The monoisotopic (exact) mass is 360 g/mol. The highest BCUT2D eigenvalue weighted by atomic mass is 32.2. The number of benzene rings is 1. The minimum atomic E-state index is -3.99. The van der Waals surface area contributed by atoms with Gasteiger partial charge in [0.1, 0.15) is 6.04 Å². The fourth-order valence-corrected chi connectivity index (χ4v) is 3.10. The second-order valence-corrected chi connectivity index (χ2v) is 7.42. The van der Waals surface area contributed by atoms with Crippen LogP contribution in [-0.2, 0) is 19.6 Å². The maximum atomic E-state index is 12.1. The number of thioether (sulfide) groups is 1. The van der Waals surface area contributed by atoms with Gasteiger partial charge >= 0.3 is 12.0 Å². The molecule has 0 aliphatic rings. The normalized spacial score (nSPS) is 12.3. The largest absolute Gasteiger partial charge is 0.467 e. The van der Waals surface area contributed by atoms with Crippen molar-refractivity contribution in [3.8, 4) is 0 Å². The lowest BCUT2D eigenvalue weighted by molar-refractivity contribution is -0.142. The Morgan fingerprint density at radius 2 is 1.87 bits per heavy atom. The SMILES string of the molecule is COC(=O)[C@H](CCSC)NC(=O)NS(=O)(=O)c1ccc(C)cc1. The van der Waals surface area contributed by atoms with E-state index in [1.54, 1.807) is 12.1 Å². The molecule has 2 amide bonds. The number of carbonyl (C=O) groups excluding carboxylic acids is 2. The average Bonchev–Trinajstić information content (AvgIpc) is 2.50. The van der Waals surface area contributed by atoms with E-state index in [0.717, 1.165) is 5.56 Å². The van der Waals surface area contributed by atoms with Crippen molar-refractivity contribution >= 4 is 33.8 Å². The topological polar surface area (TPSA) is 102 Å². The lowest BCUT2D eigenvalue weighted by Crippen LogP contribution is -2.48. The zero-order valence-electron chi connectivity index (χ0n) is 13.2. The highest BCUT2D eigenvalue weighted by molar-refractivity contribution is 7.98. The van der Waals surface area contributed by atoms with Gasteiger partial charge in [-0.3, -0.25) is 0 Å². The van der Waals surface area contributed by atoms with Crippen molar-refractivity contribution in [1.82, 2.24) is 10.0 Å². The van der Waals surface area contributed by atoms with Gasteiger partial charge in [0.05, 0.1) is 12.0 Å². The summed E-state index contributed by atoms with van der Waals surface area (Å²) >= 11 is 1.50. The van der Waals surface area contributed by atoms with Crippen LogP contribution in [0.3, 0.4) is 0 Å². The van der Waals surface area contributed by atoms with Crippen LogP contribution in [-0.4, -0.2) is 45.6 Å². The Balaban J connectivity index is 2.76. The molecule has 0 radical (unpaired) electrons. The molecule has 0 aliphatic heterocycles. The molecular weight excluding hydrogens is 340 g/mol. The number of carbonyl (C=O) groups is 2. The summed E-state index contributed by atoms with van der Waals surface area (Å²) in [5, 5.41) is 2.32. The zero-order valence-corrected chi connectivity index (χ0v) is 14.8. The first kappa shape index (κ1) is 19.3. The average molecular weight is 360 g/mol. The molecule has 0 spiro atoms. The number of nitrogens with one attached hydrogen (secondary N) is 2. The number of urea groups is 1. The molecule has 2 N–H and O–H groups in total. The minimum Gasteiger partial charge on any atom is -0.467 e. The number of hydrogen-bond acceptors (Lipinski definition) is 6. The van der Waals surface area contributed by atoms with Crippen molar-refractivity contribution in [2.75, 3.05) is 19.1 Å². The van der Waals surface area contributed by atoms with Crippen molar-refractivity contribution in [3.63, 3.8) is 0 Å². The van der Waals surface area contributed by atoms with Gasteiger partial charge in [-0.2, -0.15) is 11.8 Å². The van der Waals surface area contributed by atoms with Crippen LogP contribution in [0.2, 0.25) is 0 Å². The van der Waals surface area contributed by atoms with E-state index >= 15 is 0 Å². The molecule has 0 aromatic heterocycles. The summed E-state index contributed by atoms with van der Waals surface area (Å²) in [5.74, 6) is -0.00738. The van der Waals surface area contributed by atoms with E-state index in [9.17, 15) is 18.0 Å². The Morgan fingerprint density at radius 1 is 1.26 bits per heavy atom. The second-order valence-electron chi connectivity index (χ2n) is 4.75. The van der Waals surface area contributed by atoms with Crippen molar-refractivity contribution < 1.29 is 22.7 Å². The fourth-order valence-electron chi connectivity index (χ4n) is 1.71. The Kier molecular flexibility index (Phi) is 7.37. The van der Waals surface area contributed by atoms with Gasteiger partial charge in [0.2, 0.25) is 0 Å². The molecule has 0 heterocycles. The molecule has 128 valence electrons. The van der Waals surface area contributed by atoms with Crippen molar-refractivity contribution in [2.45, 2.75) is 24.3 Å². The second kappa shape index (κ2) is 8.78. The molecular formula is C14H20N2O5S2. The Bertz CT molecular complexity index is 644. The third-order valence-electron chi connectivity index (χ3n) is 2.96. The Morgan fingerprint density at radius 3 is 2.39 bits per heavy atom. The maximum absolute atomic E-state index is 12.1. The smallest absolute Gasteiger partial charge is 0.329 e. The van der Waals surface area contributed by atoms with Gasteiger partial charge in [-0.05, 0) is 37.5 Å². The molecule has 1 rings (SSSR count). The first-order chi connectivity index (χ1) is 10.8. The number of sulfonamides is 1. The van der Waals surface area contributed by atoms with E-state index in [1.165, 1.54) is 31.0 Å². The predicted octanol–water partition coefficient (Wildman–Crippen LogP) is 1.28. The van der Waals surface area contributed by atoms with Crippen molar-refractivity contribution in [1.29, 1.82) is 0 Å². The lowest BCUT2D eigenvalue weighted by Gasteiger charge is -2.16. The van der Waals surface area contributed by atoms with E-state index in [4.69, 9.17) is 0 Å². The maximum Gasteiger partial charge on any atom is 0.329 e. The van der Waals surface area contributed by atoms with Crippen LogP contribution >= 0.6 is 11.8 Å². The molecule has 0 saturated heterocycles. The van der Waals surface area contributed by atoms with Gasteiger partial charge in [-0.15, -0.1) is 0 Å². The van der Waals surface area contributed by atoms with Gasteiger partial charge in [-0.1, -0.05) is 17.7 Å². The molecule has 7 nitrogen and oxygen atoms in total. The standard InChI is InChI=1S/C14H20N2O5S2/c1-10-4-6-11(7-5-10)23(19,20)16-14(18)15-12(8-9-22-3)13(17)21-2/h4-7,12H,8-9H2,1-3H3,(H2,15,16,18)/t12-/m0/s1. The summed E-state index contributed by atoms with van der Waals surface area (Å²) in [5.41, 5.74) is 0.899. The summed E-state index contributed by atoms with van der Waals surface area (Å²) in [4.78, 5) is 23.4. The minimum absolute atomic E-state index is 0.0306. The molecule has 0 saturated carbocycles. The van der Waals surface area contributed by atoms with Crippen LogP contribution < -0.4 is 10.0 Å². The number of aryl methyl sites for hydroxylation is 1. The van der Waals surface area contributed by atoms with Gasteiger partial charge in [0.15, 0.2) is 0 Å². The number of esters is 1. The van der Waals surface area contributed by atoms with Crippen LogP contribution in [0.5, 0.6) is 0 Å². The fraction of sp³-hybridized carbons (Fsp3) is 0.429. The summed E-state index contributed by atoms with van der Waals surface area (Å²) in [6.45, 7) is 1.82. The summed E-state index contributed by atoms with van der Waals surface area (Å²) in [7, 11) is -2.79. The van der Waals surface area contributed by atoms with Gasteiger partial charge in [0, 0.05) is 0 Å². The highest BCUT2D eigenvalue weighted by Gasteiger charge is 2.24. The van der Waals surface area contributed by atoms with Gasteiger partial charge in [-0.25, -0.2) is 22.7 Å². The van der Waals surface area contributed by atoms with Crippen LogP contribution in [0.4, 0.5) is 4.79 Å². The predicted molar refractivity (Wildman–Crippen MR) is 88.8 cm³/mol. The number of rotatable bonds is 7. The van der Waals surface area contributed by atoms with E-state index in [1.807, 2.05) is 17.9 Å². The van der Waals surface area contributed by atoms with E-state index in [0.29, 0.717) is 12.2 Å². The molecule has 0 bridgehead atoms. The Hall–Kier alpha value is -1.74. The third-order valence-corrected chi connectivity index (χ3v) is 4.95. The summed E-state index contributed by atoms with van der Waals surface area (Å²) < 4.78 is 30.7. The summed E-state index contributed by atoms with van der Waals surface area (Å²) in [6, 6.07) is 4.18. The van der Waals surface area contributed by atoms with Crippen LogP contribution in [0, 0.1) is 6.92 Å². The van der Waals surface area contributed by atoms with Crippen LogP contribution in [0.25, 0.3) is 0 Å². The highest BCUT2D eigenvalue weighted by Crippen LogP contribution is 2.10. The van der Waals surface area contributed by atoms with Crippen molar-refractivity contribution in [2.24, 2.45) is 0 Å². The molecule has 1 aromatic rings. The van der Waals surface area contributed by atoms with E-state index in [2.05, 4.69) is 10.1 Å². The molecule has 0 unspecified atom stereocenters. The molecule has 0 fully saturated rings. The molecule has 23 heavy (non-hydrogen) atoms. The van der Waals surface area contributed by atoms with Crippen LogP contribution in [0.1, 0.15) is 12.0 Å². The van der Waals surface area contributed by atoms with E-state index < -0.39 is 28.1 Å².